The van der Waals surface area contributed by atoms with Gasteiger partial charge in [0.2, 0.25) is 0 Å². The maximum atomic E-state index is 13.6. The van der Waals surface area contributed by atoms with Crippen LogP contribution in [0.25, 0.3) is 21.5 Å². The SMILES string of the molecule is COC(=O)c1cc(F)c(F)cc1NC(=O)OCc1cccc2cc3ccccc3cc12. The Morgan fingerprint density at radius 1 is 0.871 bits per heavy atom. The van der Waals surface area contributed by atoms with Gasteiger partial charge in [0.05, 0.1) is 18.4 Å². The molecule has 7 heteroatoms. The number of amides is 1. The Hall–Kier alpha value is -4.00. The number of rotatable bonds is 4. The van der Waals surface area contributed by atoms with Crippen molar-refractivity contribution in [2.45, 2.75) is 6.61 Å². The van der Waals surface area contributed by atoms with Crippen molar-refractivity contribution < 1.29 is 27.8 Å². The number of benzene rings is 4. The Balaban J connectivity index is 1.56. The monoisotopic (exact) mass is 421 g/mol. The fourth-order valence-corrected chi connectivity index (χ4v) is 3.38. The minimum atomic E-state index is -1.23. The van der Waals surface area contributed by atoms with Gasteiger partial charge in [0.25, 0.3) is 0 Å². The highest BCUT2D eigenvalue weighted by Crippen LogP contribution is 2.26. The number of esters is 1. The summed E-state index contributed by atoms with van der Waals surface area (Å²) in [6.07, 6.45) is -0.922. The van der Waals surface area contributed by atoms with Crippen LogP contribution in [0.15, 0.2) is 66.7 Å². The Labute approximate surface area is 176 Å². The minimum Gasteiger partial charge on any atom is -0.465 e. The van der Waals surface area contributed by atoms with Crippen LogP contribution in [0.3, 0.4) is 0 Å². The summed E-state index contributed by atoms with van der Waals surface area (Å²) in [5, 5.41) is 6.34. The molecule has 4 aromatic carbocycles. The summed E-state index contributed by atoms with van der Waals surface area (Å²) >= 11 is 0. The smallest absolute Gasteiger partial charge is 0.411 e. The number of hydrogen-bond acceptors (Lipinski definition) is 4. The zero-order valence-corrected chi connectivity index (χ0v) is 16.4. The van der Waals surface area contributed by atoms with E-state index >= 15 is 0 Å². The lowest BCUT2D eigenvalue weighted by atomic mass is 10.00. The normalized spacial score (nSPS) is 10.8. The topological polar surface area (TPSA) is 64.6 Å². The number of anilines is 1. The average molecular weight is 421 g/mol. The summed E-state index contributed by atoms with van der Waals surface area (Å²) < 4.78 is 36.9. The molecule has 0 spiro atoms. The molecule has 0 unspecified atom stereocenters. The van der Waals surface area contributed by atoms with Gasteiger partial charge in [0.15, 0.2) is 11.6 Å². The number of halogens is 2. The lowest BCUT2D eigenvalue weighted by Gasteiger charge is -2.12. The van der Waals surface area contributed by atoms with Crippen molar-refractivity contribution in [3.05, 3.63) is 89.5 Å². The van der Waals surface area contributed by atoms with Crippen LogP contribution in [0, 0.1) is 11.6 Å². The van der Waals surface area contributed by atoms with Crippen molar-refractivity contribution in [1.29, 1.82) is 0 Å². The van der Waals surface area contributed by atoms with Gasteiger partial charge in [-0.05, 0) is 45.3 Å². The van der Waals surface area contributed by atoms with Gasteiger partial charge in [0, 0.05) is 6.07 Å². The van der Waals surface area contributed by atoms with E-state index in [1.54, 1.807) is 0 Å². The minimum absolute atomic E-state index is 0.0568. The van der Waals surface area contributed by atoms with Gasteiger partial charge in [-0.15, -0.1) is 0 Å². The molecular weight excluding hydrogens is 404 g/mol. The molecule has 0 aliphatic carbocycles. The fraction of sp³-hybridized carbons (Fsp3) is 0.0833. The first-order chi connectivity index (χ1) is 15.0. The van der Waals surface area contributed by atoms with Crippen molar-refractivity contribution in [2.75, 3.05) is 12.4 Å². The van der Waals surface area contributed by atoms with Gasteiger partial charge in [-0.25, -0.2) is 18.4 Å². The molecule has 0 aromatic heterocycles. The molecule has 0 radical (unpaired) electrons. The first-order valence-corrected chi connectivity index (χ1v) is 9.38. The third-order valence-corrected chi connectivity index (χ3v) is 4.90. The van der Waals surface area contributed by atoms with E-state index in [4.69, 9.17) is 4.74 Å². The molecule has 31 heavy (non-hydrogen) atoms. The first-order valence-electron chi connectivity index (χ1n) is 9.38. The van der Waals surface area contributed by atoms with Gasteiger partial charge in [-0.3, -0.25) is 5.32 Å². The summed E-state index contributed by atoms with van der Waals surface area (Å²) in [5.74, 6) is -3.37. The van der Waals surface area contributed by atoms with Gasteiger partial charge >= 0.3 is 12.1 Å². The quantitative estimate of drug-likeness (QED) is 0.334. The first kappa shape index (κ1) is 20.3. The van der Waals surface area contributed by atoms with E-state index in [1.165, 1.54) is 0 Å². The molecule has 0 bridgehead atoms. The second-order valence-corrected chi connectivity index (χ2v) is 6.84. The summed E-state index contributed by atoms with van der Waals surface area (Å²) in [6.45, 7) is -0.0568. The fourth-order valence-electron chi connectivity index (χ4n) is 3.38. The Bertz CT molecular complexity index is 1320. The number of ether oxygens (including phenoxy) is 2. The number of hydrogen-bond donors (Lipinski definition) is 1. The summed E-state index contributed by atoms with van der Waals surface area (Å²) in [6, 6.07) is 19.0. The van der Waals surface area contributed by atoms with E-state index in [-0.39, 0.29) is 17.9 Å². The van der Waals surface area contributed by atoms with E-state index < -0.39 is 23.7 Å². The van der Waals surface area contributed by atoms with Crippen LogP contribution in [0.4, 0.5) is 19.3 Å². The van der Waals surface area contributed by atoms with Crippen LogP contribution in [-0.2, 0) is 16.1 Å². The maximum Gasteiger partial charge on any atom is 0.411 e. The summed E-state index contributed by atoms with van der Waals surface area (Å²) in [5.41, 5.74) is 0.200. The van der Waals surface area contributed by atoms with Gasteiger partial charge in [0.1, 0.15) is 6.61 Å². The molecule has 5 nitrogen and oxygen atoms in total. The number of methoxy groups -OCH3 is 1. The highest BCUT2D eigenvalue weighted by atomic mass is 19.2. The molecule has 156 valence electrons. The van der Waals surface area contributed by atoms with Crippen LogP contribution < -0.4 is 5.32 Å². The molecule has 0 saturated heterocycles. The number of nitrogens with one attached hydrogen (secondary N) is 1. The molecule has 0 atom stereocenters. The second-order valence-electron chi connectivity index (χ2n) is 6.84. The highest BCUT2D eigenvalue weighted by Gasteiger charge is 2.19. The molecule has 0 saturated carbocycles. The maximum absolute atomic E-state index is 13.6. The van der Waals surface area contributed by atoms with Crippen molar-refractivity contribution in [1.82, 2.24) is 0 Å². The van der Waals surface area contributed by atoms with Crippen molar-refractivity contribution >= 4 is 39.3 Å². The van der Waals surface area contributed by atoms with Crippen molar-refractivity contribution in [3.63, 3.8) is 0 Å². The Morgan fingerprint density at radius 3 is 2.29 bits per heavy atom. The van der Waals surface area contributed by atoms with Crippen LogP contribution in [-0.4, -0.2) is 19.2 Å². The van der Waals surface area contributed by atoms with Crippen molar-refractivity contribution in [3.8, 4) is 0 Å². The van der Waals surface area contributed by atoms with E-state index in [0.717, 1.165) is 34.2 Å². The third kappa shape index (κ3) is 4.16. The van der Waals surface area contributed by atoms with Crippen LogP contribution in [0.5, 0.6) is 0 Å². The predicted octanol–water partition coefficient (Wildman–Crippen LogP) is 5.81. The summed E-state index contributed by atoms with van der Waals surface area (Å²) in [4.78, 5) is 24.1. The van der Waals surface area contributed by atoms with Crippen LogP contribution >= 0.6 is 0 Å². The summed E-state index contributed by atoms with van der Waals surface area (Å²) in [7, 11) is 1.09. The number of carbonyl (C=O) groups excluding carboxylic acids is 2. The molecule has 0 aliphatic rings. The van der Waals surface area contributed by atoms with E-state index in [9.17, 15) is 18.4 Å². The zero-order chi connectivity index (χ0) is 22.0. The van der Waals surface area contributed by atoms with Gasteiger partial charge in [-0.1, -0.05) is 42.5 Å². The standard InChI is InChI=1S/C24H17F2NO4/c1-30-23(28)19-11-20(25)21(26)12-22(19)27-24(29)31-13-17-8-4-7-16-9-14-5-2-3-6-15(14)10-18(16)17/h2-12H,13H2,1H3,(H,27,29). The van der Waals surface area contributed by atoms with Crippen molar-refractivity contribution in [2.24, 2.45) is 0 Å². The lowest BCUT2D eigenvalue weighted by Crippen LogP contribution is -2.17. The van der Waals surface area contributed by atoms with Gasteiger partial charge < -0.3 is 9.47 Å². The van der Waals surface area contributed by atoms with Crippen LogP contribution in [0.2, 0.25) is 0 Å². The average Bonchev–Trinajstić information content (AvgIpc) is 2.78. The van der Waals surface area contributed by atoms with Gasteiger partial charge in [-0.2, -0.15) is 0 Å². The Morgan fingerprint density at radius 2 is 1.55 bits per heavy atom. The lowest BCUT2D eigenvalue weighted by molar-refractivity contribution is 0.0601. The molecule has 1 amide bonds. The number of fused-ring (bicyclic) bond motifs is 2. The largest absolute Gasteiger partial charge is 0.465 e. The Kier molecular flexibility index (Phi) is 5.49. The third-order valence-electron chi connectivity index (χ3n) is 4.90. The zero-order valence-electron chi connectivity index (χ0n) is 16.4. The van der Waals surface area contributed by atoms with Crippen LogP contribution in [0.1, 0.15) is 15.9 Å². The molecule has 0 fully saturated rings. The molecule has 4 rings (SSSR count). The van der Waals surface area contributed by atoms with E-state index in [1.807, 2.05) is 48.5 Å². The molecule has 1 N–H and O–H groups in total. The number of carbonyl (C=O) groups is 2. The van der Waals surface area contributed by atoms with E-state index in [2.05, 4.69) is 16.1 Å². The predicted molar refractivity (Wildman–Crippen MR) is 113 cm³/mol. The molecular formula is C24H17F2NO4. The molecule has 0 aliphatic heterocycles. The van der Waals surface area contributed by atoms with E-state index in [0.29, 0.717) is 12.1 Å². The molecule has 0 heterocycles. The highest BCUT2D eigenvalue weighted by molar-refractivity contribution is 6.01. The molecule has 4 aromatic rings. The second kappa shape index (κ2) is 8.39.